The topological polar surface area (TPSA) is 75.3 Å². The molecule has 0 aromatic heterocycles. The van der Waals surface area contributed by atoms with Crippen molar-refractivity contribution in [3.05, 3.63) is 0 Å². The van der Waals surface area contributed by atoms with Crippen LogP contribution in [0.15, 0.2) is 0 Å². The number of hydrazine groups is 1. The average Bonchev–Trinajstić information content (AvgIpc) is 2.11. The molecule has 4 nitrogen and oxygen atoms in total. The van der Waals surface area contributed by atoms with Crippen molar-refractivity contribution in [1.29, 1.82) is 0 Å². The number of amides is 1. The van der Waals surface area contributed by atoms with Crippen LogP contribution in [-0.2, 0) is 4.79 Å². The molecule has 0 aromatic carbocycles. The van der Waals surface area contributed by atoms with Crippen molar-refractivity contribution >= 4 is 17.7 Å². The van der Waals surface area contributed by atoms with Crippen molar-refractivity contribution in [2.45, 2.75) is 12.3 Å². The lowest BCUT2D eigenvalue weighted by Gasteiger charge is -2.12. The molecule has 0 saturated heterocycles. The molecule has 0 aliphatic rings. The van der Waals surface area contributed by atoms with Gasteiger partial charge in [-0.25, -0.2) is 5.84 Å². The highest BCUT2D eigenvalue weighted by Gasteiger charge is 2.37. The van der Waals surface area contributed by atoms with Crippen LogP contribution in [0.2, 0.25) is 0 Å². The maximum atomic E-state index is 12.7. The maximum absolute atomic E-state index is 12.7. The zero-order valence-corrected chi connectivity index (χ0v) is 7.74. The van der Waals surface area contributed by atoms with E-state index >= 15 is 0 Å². The second-order valence-corrected chi connectivity index (χ2v) is 3.41. The summed E-state index contributed by atoms with van der Waals surface area (Å²) in [5, 5.41) is 8.35. The third kappa shape index (κ3) is 5.02. The number of rotatable bonds is 6. The van der Waals surface area contributed by atoms with E-state index in [-0.39, 0.29) is 6.61 Å². The quantitative estimate of drug-likeness (QED) is 0.246. The molecule has 1 amide bonds. The number of aliphatic hydroxyl groups is 1. The Hall–Kier alpha value is -0.400. The first-order valence-corrected chi connectivity index (χ1v) is 4.77. The molecule has 7 heteroatoms. The van der Waals surface area contributed by atoms with Crippen LogP contribution in [0.5, 0.6) is 0 Å². The molecule has 78 valence electrons. The molecular weight excluding hydrogens is 202 g/mol. The summed E-state index contributed by atoms with van der Waals surface area (Å²) in [5.41, 5.74) is 1.39. The molecule has 0 saturated carbocycles. The molecule has 0 unspecified atom stereocenters. The van der Waals surface area contributed by atoms with Crippen LogP contribution in [0.3, 0.4) is 0 Å². The summed E-state index contributed by atoms with van der Waals surface area (Å²) in [5.74, 6) is -0.581. The van der Waals surface area contributed by atoms with Crippen LogP contribution in [0.4, 0.5) is 8.78 Å². The van der Waals surface area contributed by atoms with Crippen molar-refractivity contribution in [1.82, 2.24) is 5.43 Å². The predicted octanol–water partition coefficient (Wildman–Crippen LogP) is -0.273. The zero-order valence-electron chi connectivity index (χ0n) is 6.93. The number of halogens is 2. The van der Waals surface area contributed by atoms with Crippen LogP contribution in [0.25, 0.3) is 0 Å². The Morgan fingerprint density at radius 2 is 2.23 bits per heavy atom. The predicted molar refractivity (Wildman–Crippen MR) is 46.3 cm³/mol. The fourth-order valence-corrected chi connectivity index (χ4v) is 1.40. The molecule has 0 aliphatic heterocycles. The third-order valence-corrected chi connectivity index (χ3v) is 2.34. The molecule has 13 heavy (non-hydrogen) atoms. The van der Waals surface area contributed by atoms with Gasteiger partial charge in [0, 0.05) is 6.61 Å². The fourth-order valence-electron chi connectivity index (χ4n) is 0.538. The summed E-state index contributed by atoms with van der Waals surface area (Å²) in [6, 6.07) is 0. The van der Waals surface area contributed by atoms with Gasteiger partial charge in [-0.1, -0.05) is 0 Å². The monoisotopic (exact) mass is 214 g/mol. The van der Waals surface area contributed by atoms with Crippen LogP contribution >= 0.6 is 11.8 Å². The van der Waals surface area contributed by atoms with Gasteiger partial charge >= 0.3 is 11.8 Å². The molecule has 0 atom stereocenters. The third-order valence-electron chi connectivity index (χ3n) is 1.19. The summed E-state index contributed by atoms with van der Waals surface area (Å²) in [6.45, 7) is -0.0400. The Bertz CT molecular complexity index is 169. The number of hydrogen-bond acceptors (Lipinski definition) is 4. The highest BCUT2D eigenvalue weighted by Crippen LogP contribution is 2.20. The second kappa shape index (κ2) is 6.11. The van der Waals surface area contributed by atoms with Crippen LogP contribution in [-0.4, -0.2) is 35.0 Å². The van der Waals surface area contributed by atoms with E-state index in [1.165, 1.54) is 5.43 Å². The Morgan fingerprint density at radius 1 is 1.62 bits per heavy atom. The van der Waals surface area contributed by atoms with Gasteiger partial charge in [-0.3, -0.25) is 10.2 Å². The first-order valence-electron chi connectivity index (χ1n) is 3.62. The summed E-state index contributed by atoms with van der Waals surface area (Å²) in [6.07, 6.45) is 0.436. The van der Waals surface area contributed by atoms with Gasteiger partial charge < -0.3 is 5.11 Å². The number of hydrogen-bond donors (Lipinski definition) is 3. The molecule has 0 aliphatic carbocycles. The molecule has 0 spiro atoms. The van der Waals surface area contributed by atoms with Crippen molar-refractivity contribution in [3.8, 4) is 0 Å². The zero-order chi connectivity index (χ0) is 10.3. The molecule has 0 heterocycles. The van der Waals surface area contributed by atoms with Crippen molar-refractivity contribution < 1.29 is 18.7 Å². The summed E-state index contributed by atoms with van der Waals surface area (Å²) in [4.78, 5) is 10.4. The summed E-state index contributed by atoms with van der Waals surface area (Å²) < 4.78 is 25.3. The van der Waals surface area contributed by atoms with Gasteiger partial charge in [-0.05, 0) is 12.2 Å². The second-order valence-electron chi connectivity index (χ2n) is 2.31. The number of alkyl halides is 2. The molecule has 0 rings (SSSR count). The number of thioether (sulfide) groups is 1. The van der Waals surface area contributed by atoms with Crippen molar-refractivity contribution in [2.75, 3.05) is 18.1 Å². The Labute approximate surface area is 78.8 Å². The molecule has 0 bridgehead atoms. The van der Waals surface area contributed by atoms with Gasteiger partial charge in [0.25, 0.3) is 0 Å². The van der Waals surface area contributed by atoms with Gasteiger partial charge in [-0.2, -0.15) is 20.5 Å². The lowest BCUT2D eigenvalue weighted by molar-refractivity contribution is -0.142. The SMILES string of the molecule is NNC(=O)C(F)(F)CSCCCO. The van der Waals surface area contributed by atoms with E-state index in [0.29, 0.717) is 12.2 Å². The van der Waals surface area contributed by atoms with E-state index in [1.807, 2.05) is 0 Å². The lowest BCUT2D eigenvalue weighted by atomic mass is 10.4. The molecular formula is C6H12F2N2O2S. The van der Waals surface area contributed by atoms with E-state index in [1.54, 1.807) is 0 Å². The first-order chi connectivity index (χ1) is 6.04. The highest BCUT2D eigenvalue weighted by atomic mass is 32.2. The smallest absolute Gasteiger partial charge is 0.334 e. The minimum absolute atomic E-state index is 0.0400. The largest absolute Gasteiger partial charge is 0.396 e. The van der Waals surface area contributed by atoms with E-state index in [2.05, 4.69) is 5.84 Å². The number of carbonyl (C=O) groups is 1. The summed E-state index contributed by atoms with van der Waals surface area (Å²) >= 11 is 0.902. The Balaban J connectivity index is 3.69. The van der Waals surface area contributed by atoms with Crippen LogP contribution in [0.1, 0.15) is 6.42 Å². The minimum atomic E-state index is -3.44. The molecule has 0 fully saturated rings. The number of aliphatic hydroxyl groups excluding tert-OH is 1. The Kier molecular flexibility index (Phi) is 5.93. The number of nitrogens with two attached hydrogens (primary N) is 1. The number of nitrogens with one attached hydrogen (secondary N) is 1. The van der Waals surface area contributed by atoms with E-state index in [4.69, 9.17) is 5.11 Å². The van der Waals surface area contributed by atoms with Crippen LogP contribution < -0.4 is 11.3 Å². The first kappa shape index (κ1) is 12.6. The van der Waals surface area contributed by atoms with Crippen molar-refractivity contribution in [3.63, 3.8) is 0 Å². The minimum Gasteiger partial charge on any atom is -0.396 e. The van der Waals surface area contributed by atoms with Gasteiger partial charge in [0.05, 0.1) is 5.75 Å². The maximum Gasteiger partial charge on any atom is 0.334 e. The average molecular weight is 214 g/mol. The van der Waals surface area contributed by atoms with Gasteiger partial charge in [0.2, 0.25) is 0 Å². The van der Waals surface area contributed by atoms with E-state index in [0.717, 1.165) is 11.8 Å². The fraction of sp³-hybridized carbons (Fsp3) is 0.833. The van der Waals surface area contributed by atoms with Crippen molar-refractivity contribution in [2.24, 2.45) is 5.84 Å². The van der Waals surface area contributed by atoms with Gasteiger partial charge in [0.1, 0.15) is 0 Å². The van der Waals surface area contributed by atoms with E-state index in [9.17, 15) is 13.6 Å². The molecule has 4 N–H and O–H groups in total. The van der Waals surface area contributed by atoms with Gasteiger partial charge in [0.15, 0.2) is 0 Å². The standard InChI is InChI=1S/C6H12F2N2O2S/c7-6(8,5(12)10-9)4-13-3-1-2-11/h11H,1-4,9H2,(H,10,12). The highest BCUT2D eigenvalue weighted by molar-refractivity contribution is 7.99. The number of carbonyl (C=O) groups excluding carboxylic acids is 1. The summed E-state index contributed by atoms with van der Waals surface area (Å²) in [7, 11) is 0. The molecule has 0 aromatic rings. The van der Waals surface area contributed by atoms with E-state index < -0.39 is 17.6 Å². The van der Waals surface area contributed by atoms with Gasteiger partial charge in [-0.15, -0.1) is 0 Å². The molecule has 0 radical (unpaired) electrons. The Morgan fingerprint density at radius 3 is 2.69 bits per heavy atom. The lowest BCUT2D eigenvalue weighted by Crippen LogP contribution is -2.45. The van der Waals surface area contributed by atoms with Crippen LogP contribution in [0, 0.1) is 0 Å². The normalized spacial score (nSPS) is 11.4.